The number of carbonyl (C=O) groups is 1. The van der Waals surface area contributed by atoms with E-state index in [1.165, 1.54) is 51.7 Å². The molecule has 0 saturated carbocycles. The second kappa shape index (κ2) is 8.30. The van der Waals surface area contributed by atoms with E-state index in [4.69, 9.17) is 14.2 Å². The van der Waals surface area contributed by atoms with Crippen LogP contribution in [-0.2, 0) is 14.8 Å². The number of nitrogens with zero attached hydrogens (tertiary/aromatic N) is 1. The van der Waals surface area contributed by atoms with Gasteiger partial charge in [0.1, 0.15) is 5.75 Å². The Balaban J connectivity index is 2.61. The first-order chi connectivity index (χ1) is 12.8. The van der Waals surface area contributed by atoms with Gasteiger partial charge in [-0.15, -0.1) is 0 Å². The Morgan fingerprint density at radius 3 is 1.96 bits per heavy atom. The highest BCUT2D eigenvalue weighted by Gasteiger charge is 2.33. The van der Waals surface area contributed by atoms with Crippen molar-refractivity contribution in [3.05, 3.63) is 42.5 Å². The topological polar surface area (TPSA) is 82.1 Å². The maximum atomic E-state index is 13.3. The van der Waals surface area contributed by atoms with E-state index in [0.717, 1.165) is 4.31 Å². The molecule has 0 aliphatic rings. The Hall–Kier alpha value is -2.74. The smallest absolute Gasteiger partial charge is 0.271 e. The standard InChI is InChI=1S/C19H23NO6S/c1-13(2)19(21)20(14-6-8-15(24-3)9-7-14)27(22,23)16-10-11-17(25-4)18(12-16)26-5/h6-13H,1-5H3. The van der Waals surface area contributed by atoms with Crippen LogP contribution in [0.15, 0.2) is 47.4 Å². The van der Waals surface area contributed by atoms with Gasteiger partial charge in [-0.25, -0.2) is 12.7 Å². The van der Waals surface area contributed by atoms with Gasteiger partial charge in [0.2, 0.25) is 5.91 Å². The third-order valence-electron chi connectivity index (χ3n) is 3.89. The van der Waals surface area contributed by atoms with Crippen molar-refractivity contribution >= 4 is 21.6 Å². The SMILES string of the molecule is COc1ccc(N(C(=O)C(C)C)S(=O)(=O)c2ccc(OC)c(OC)c2)cc1. The first-order valence-electron chi connectivity index (χ1n) is 8.21. The molecule has 0 bridgehead atoms. The van der Waals surface area contributed by atoms with E-state index in [9.17, 15) is 13.2 Å². The van der Waals surface area contributed by atoms with Gasteiger partial charge in [0.15, 0.2) is 11.5 Å². The Kier molecular flexibility index (Phi) is 6.32. The van der Waals surface area contributed by atoms with Crippen molar-refractivity contribution in [2.24, 2.45) is 5.92 Å². The molecule has 2 aromatic carbocycles. The quantitative estimate of drug-likeness (QED) is 0.719. The third kappa shape index (κ3) is 4.16. The molecule has 27 heavy (non-hydrogen) atoms. The number of carbonyl (C=O) groups excluding carboxylic acids is 1. The molecule has 0 N–H and O–H groups in total. The van der Waals surface area contributed by atoms with Crippen LogP contribution in [0.2, 0.25) is 0 Å². The molecule has 0 heterocycles. The number of sulfonamides is 1. The lowest BCUT2D eigenvalue weighted by Crippen LogP contribution is -2.39. The van der Waals surface area contributed by atoms with Gasteiger partial charge in [-0.1, -0.05) is 13.8 Å². The van der Waals surface area contributed by atoms with Crippen LogP contribution in [-0.4, -0.2) is 35.7 Å². The molecule has 2 aromatic rings. The largest absolute Gasteiger partial charge is 0.497 e. The lowest BCUT2D eigenvalue weighted by atomic mass is 10.2. The Bertz CT molecular complexity index is 906. The monoisotopic (exact) mass is 393 g/mol. The molecule has 0 aromatic heterocycles. The zero-order chi connectivity index (χ0) is 20.2. The number of methoxy groups -OCH3 is 3. The zero-order valence-electron chi connectivity index (χ0n) is 15.9. The predicted molar refractivity (Wildman–Crippen MR) is 102 cm³/mol. The van der Waals surface area contributed by atoms with Crippen molar-refractivity contribution in [1.29, 1.82) is 0 Å². The van der Waals surface area contributed by atoms with Crippen molar-refractivity contribution < 1.29 is 27.4 Å². The maximum absolute atomic E-state index is 13.3. The molecule has 0 unspecified atom stereocenters. The van der Waals surface area contributed by atoms with Crippen LogP contribution in [0.4, 0.5) is 5.69 Å². The van der Waals surface area contributed by atoms with Gasteiger partial charge in [-0.2, -0.15) is 0 Å². The number of hydrogen-bond donors (Lipinski definition) is 0. The molecule has 7 nitrogen and oxygen atoms in total. The molecule has 2 rings (SSSR count). The first-order valence-corrected chi connectivity index (χ1v) is 9.65. The zero-order valence-corrected chi connectivity index (χ0v) is 16.7. The van der Waals surface area contributed by atoms with Gasteiger partial charge in [0.25, 0.3) is 10.0 Å². The second-order valence-corrected chi connectivity index (χ2v) is 7.76. The van der Waals surface area contributed by atoms with E-state index >= 15 is 0 Å². The highest BCUT2D eigenvalue weighted by molar-refractivity contribution is 7.93. The van der Waals surface area contributed by atoms with Crippen LogP contribution in [0.3, 0.4) is 0 Å². The van der Waals surface area contributed by atoms with E-state index in [-0.39, 0.29) is 16.3 Å². The van der Waals surface area contributed by atoms with Crippen molar-refractivity contribution in [2.45, 2.75) is 18.7 Å². The van der Waals surface area contributed by atoms with Gasteiger partial charge in [-0.05, 0) is 36.4 Å². The minimum Gasteiger partial charge on any atom is -0.497 e. The summed E-state index contributed by atoms with van der Waals surface area (Å²) < 4.78 is 42.8. The average molecular weight is 393 g/mol. The summed E-state index contributed by atoms with van der Waals surface area (Å²) in [6.45, 7) is 3.28. The van der Waals surface area contributed by atoms with Gasteiger partial charge >= 0.3 is 0 Å². The van der Waals surface area contributed by atoms with E-state index < -0.39 is 21.8 Å². The van der Waals surface area contributed by atoms with Gasteiger partial charge < -0.3 is 14.2 Å². The molecule has 0 spiro atoms. The van der Waals surface area contributed by atoms with Crippen molar-refractivity contribution in [3.8, 4) is 17.2 Å². The fourth-order valence-corrected chi connectivity index (χ4v) is 3.97. The first kappa shape index (κ1) is 20.6. The second-order valence-electron chi connectivity index (χ2n) is 5.98. The molecular weight excluding hydrogens is 370 g/mol. The average Bonchev–Trinajstić information content (AvgIpc) is 2.67. The minimum atomic E-state index is -4.17. The van der Waals surface area contributed by atoms with Crippen LogP contribution in [0.25, 0.3) is 0 Å². The van der Waals surface area contributed by atoms with E-state index in [0.29, 0.717) is 11.5 Å². The lowest BCUT2D eigenvalue weighted by Gasteiger charge is -2.25. The Morgan fingerprint density at radius 1 is 0.889 bits per heavy atom. The van der Waals surface area contributed by atoms with Crippen LogP contribution in [0.5, 0.6) is 17.2 Å². The van der Waals surface area contributed by atoms with E-state index in [1.54, 1.807) is 26.0 Å². The summed E-state index contributed by atoms with van der Waals surface area (Å²) in [5.74, 6) is 0.129. The predicted octanol–water partition coefficient (Wildman–Crippen LogP) is 3.09. The lowest BCUT2D eigenvalue weighted by molar-refractivity contribution is -0.120. The fourth-order valence-electron chi connectivity index (χ4n) is 2.42. The summed E-state index contributed by atoms with van der Waals surface area (Å²) in [7, 11) is 0.206. The summed E-state index contributed by atoms with van der Waals surface area (Å²) in [5.41, 5.74) is 0.226. The van der Waals surface area contributed by atoms with Crippen molar-refractivity contribution in [2.75, 3.05) is 25.6 Å². The summed E-state index contributed by atoms with van der Waals surface area (Å²) in [4.78, 5) is 12.7. The molecule has 8 heteroatoms. The summed E-state index contributed by atoms with van der Waals surface area (Å²) in [6, 6.07) is 10.4. The highest BCUT2D eigenvalue weighted by atomic mass is 32.2. The minimum absolute atomic E-state index is 0.0787. The summed E-state index contributed by atoms with van der Waals surface area (Å²) in [5, 5.41) is 0. The molecule has 0 atom stereocenters. The van der Waals surface area contributed by atoms with Gasteiger partial charge in [0, 0.05) is 12.0 Å². The molecule has 0 aliphatic heterocycles. The molecule has 0 fully saturated rings. The van der Waals surface area contributed by atoms with Gasteiger partial charge in [-0.3, -0.25) is 4.79 Å². The number of hydrogen-bond acceptors (Lipinski definition) is 6. The van der Waals surface area contributed by atoms with E-state index in [1.807, 2.05) is 0 Å². The number of rotatable bonds is 7. The maximum Gasteiger partial charge on any atom is 0.271 e. The fraction of sp³-hybridized carbons (Fsp3) is 0.316. The molecule has 0 saturated heterocycles. The van der Waals surface area contributed by atoms with Crippen LogP contribution in [0, 0.1) is 5.92 Å². The third-order valence-corrected chi connectivity index (χ3v) is 5.62. The van der Waals surface area contributed by atoms with Crippen molar-refractivity contribution in [1.82, 2.24) is 0 Å². The van der Waals surface area contributed by atoms with Gasteiger partial charge in [0.05, 0.1) is 31.9 Å². The van der Waals surface area contributed by atoms with Crippen LogP contribution in [0.1, 0.15) is 13.8 Å². The summed E-state index contributed by atoms with van der Waals surface area (Å²) >= 11 is 0. The number of ether oxygens (including phenoxy) is 3. The Labute approximate surface area is 159 Å². The normalized spacial score (nSPS) is 11.2. The molecule has 0 radical (unpaired) electrons. The van der Waals surface area contributed by atoms with E-state index in [2.05, 4.69) is 0 Å². The molecule has 146 valence electrons. The summed E-state index contributed by atoms with van der Waals surface area (Å²) in [6.07, 6.45) is 0. The van der Waals surface area contributed by atoms with Crippen LogP contribution >= 0.6 is 0 Å². The number of benzene rings is 2. The molecular formula is C19H23NO6S. The number of anilines is 1. The molecule has 1 amide bonds. The van der Waals surface area contributed by atoms with Crippen molar-refractivity contribution in [3.63, 3.8) is 0 Å². The molecule has 0 aliphatic carbocycles. The van der Waals surface area contributed by atoms with Crippen LogP contribution < -0.4 is 18.5 Å². The number of amides is 1. The Morgan fingerprint density at radius 2 is 1.48 bits per heavy atom. The highest BCUT2D eigenvalue weighted by Crippen LogP contribution is 2.33.